The predicted molar refractivity (Wildman–Crippen MR) is 126 cm³/mol. The first-order valence-electron chi connectivity index (χ1n) is 11.0. The fraction of sp³-hybridized carbons (Fsp3) is 0.192. The monoisotopic (exact) mass is 421 g/mol. The van der Waals surface area contributed by atoms with Crippen LogP contribution in [0.2, 0.25) is 0 Å². The molecule has 1 fully saturated rings. The van der Waals surface area contributed by atoms with Crippen molar-refractivity contribution in [2.45, 2.75) is 18.9 Å². The van der Waals surface area contributed by atoms with Crippen LogP contribution in [0.5, 0.6) is 0 Å². The van der Waals surface area contributed by atoms with Gasteiger partial charge in [0.1, 0.15) is 11.3 Å². The average molecular weight is 422 g/mol. The Labute approximate surface area is 185 Å². The Balaban J connectivity index is 1.53. The third kappa shape index (κ3) is 3.29. The molecule has 0 radical (unpaired) electrons. The molecule has 0 unspecified atom stereocenters. The van der Waals surface area contributed by atoms with Crippen LogP contribution >= 0.6 is 0 Å². The Hall–Kier alpha value is -3.77. The molecule has 0 aliphatic carbocycles. The molecule has 6 heteroatoms. The van der Waals surface area contributed by atoms with Gasteiger partial charge >= 0.3 is 0 Å². The molecule has 158 valence electrons. The fourth-order valence-electron chi connectivity index (χ4n) is 4.66. The second-order valence-electron chi connectivity index (χ2n) is 8.33. The molecule has 0 atom stereocenters. The number of aromatic nitrogens is 4. The number of nitrogens with zero attached hydrogens (tertiary/aromatic N) is 4. The molecular weight excluding hydrogens is 398 g/mol. The van der Waals surface area contributed by atoms with Crippen LogP contribution in [0.4, 0.5) is 0 Å². The Kier molecular flexibility index (Phi) is 4.58. The molecule has 2 aromatic carbocycles. The summed E-state index contributed by atoms with van der Waals surface area (Å²) in [5.41, 5.74) is 4.74. The lowest BCUT2D eigenvalue weighted by Crippen LogP contribution is -2.30. The van der Waals surface area contributed by atoms with E-state index in [4.69, 9.17) is 9.97 Å². The highest BCUT2D eigenvalue weighted by atomic mass is 16.5. The minimum atomic E-state index is 0.315. The molecule has 5 aromatic rings. The van der Waals surface area contributed by atoms with E-state index in [1.807, 2.05) is 18.2 Å². The van der Waals surface area contributed by atoms with Crippen molar-refractivity contribution in [1.29, 1.82) is 0 Å². The minimum Gasteiger partial charge on any atom is -0.619 e. The van der Waals surface area contributed by atoms with Crippen molar-refractivity contribution in [1.82, 2.24) is 19.9 Å². The maximum absolute atomic E-state index is 11.6. The molecule has 32 heavy (non-hydrogen) atoms. The molecule has 1 aliphatic rings. The van der Waals surface area contributed by atoms with Gasteiger partial charge in [0, 0.05) is 29.3 Å². The van der Waals surface area contributed by atoms with Crippen molar-refractivity contribution < 1.29 is 4.73 Å². The number of hydrogen-bond donors (Lipinski definition) is 1. The first-order valence-corrected chi connectivity index (χ1v) is 11.0. The van der Waals surface area contributed by atoms with E-state index in [1.165, 1.54) is 23.2 Å². The van der Waals surface area contributed by atoms with Gasteiger partial charge in [0.05, 0.1) is 5.69 Å². The number of imidazole rings is 1. The van der Waals surface area contributed by atoms with Crippen LogP contribution in [-0.4, -0.2) is 27.6 Å². The molecule has 6 rings (SSSR count). The van der Waals surface area contributed by atoms with Crippen LogP contribution in [0.15, 0.2) is 79.1 Å². The lowest BCUT2D eigenvalue weighted by molar-refractivity contribution is -0.605. The summed E-state index contributed by atoms with van der Waals surface area (Å²) in [6, 6.07) is 22.9. The average Bonchev–Trinajstić information content (AvgIpc) is 3.23. The van der Waals surface area contributed by atoms with E-state index in [0.29, 0.717) is 6.04 Å². The lowest BCUT2D eigenvalue weighted by Gasteiger charge is -2.26. The molecule has 6 nitrogen and oxygen atoms in total. The SMILES string of the molecule is [O-][n+]1ccc(-c2nc3ccc(-c4ccc5ccccc5c4)nc3n2C2CCNCC2)cc1. The Morgan fingerprint density at radius 2 is 1.62 bits per heavy atom. The highest BCUT2D eigenvalue weighted by molar-refractivity contribution is 5.88. The number of nitrogens with one attached hydrogen (secondary N) is 1. The third-order valence-corrected chi connectivity index (χ3v) is 6.32. The van der Waals surface area contributed by atoms with E-state index in [9.17, 15) is 5.21 Å². The zero-order valence-corrected chi connectivity index (χ0v) is 17.6. The number of rotatable bonds is 3. The van der Waals surface area contributed by atoms with Gasteiger partial charge in [0.15, 0.2) is 18.0 Å². The third-order valence-electron chi connectivity index (χ3n) is 6.32. The van der Waals surface area contributed by atoms with Crippen molar-refractivity contribution in [3.8, 4) is 22.6 Å². The zero-order valence-electron chi connectivity index (χ0n) is 17.6. The summed E-state index contributed by atoms with van der Waals surface area (Å²) in [6.45, 7) is 1.95. The van der Waals surface area contributed by atoms with Gasteiger partial charge in [-0.25, -0.2) is 9.97 Å². The largest absolute Gasteiger partial charge is 0.619 e. The summed E-state index contributed by atoms with van der Waals surface area (Å²) in [5, 5.41) is 17.4. The molecular formula is C26H23N5O. The van der Waals surface area contributed by atoms with Gasteiger partial charge < -0.3 is 15.1 Å². The van der Waals surface area contributed by atoms with E-state index in [-0.39, 0.29) is 0 Å². The van der Waals surface area contributed by atoms with Crippen molar-refractivity contribution in [3.05, 3.63) is 84.3 Å². The first kappa shape index (κ1) is 19.0. The highest BCUT2D eigenvalue weighted by Crippen LogP contribution is 2.33. The van der Waals surface area contributed by atoms with Gasteiger partial charge in [0.2, 0.25) is 0 Å². The molecule has 1 N–H and O–H groups in total. The van der Waals surface area contributed by atoms with Crippen molar-refractivity contribution >= 4 is 21.9 Å². The Morgan fingerprint density at radius 3 is 2.44 bits per heavy atom. The van der Waals surface area contributed by atoms with Crippen LogP contribution in [0.1, 0.15) is 18.9 Å². The van der Waals surface area contributed by atoms with Crippen LogP contribution in [0.25, 0.3) is 44.6 Å². The summed E-state index contributed by atoms with van der Waals surface area (Å²) >= 11 is 0. The van der Waals surface area contributed by atoms with Gasteiger partial charge in [-0.2, -0.15) is 4.73 Å². The van der Waals surface area contributed by atoms with E-state index in [2.05, 4.69) is 58.4 Å². The van der Waals surface area contributed by atoms with Gasteiger partial charge in [-0.1, -0.05) is 36.4 Å². The Bertz CT molecular complexity index is 1420. The maximum Gasteiger partial charge on any atom is 0.181 e. The second-order valence-corrected chi connectivity index (χ2v) is 8.33. The number of fused-ring (bicyclic) bond motifs is 2. The first-order chi connectivity index (χ1) is 15.8. The lowest BCUT2D eigenvalue weighted by atomic mass is 10.0. The fourth-order valence-corrected chi connectivity index (χ4v) is 4.66. The smallest absolute Gasteiger partial charge is 0.181 e. The molecule has 4 heterocycles. The minimum absolute atomic E-state index is 0.315. The highest BCUT2D eigenvalue weighted by Gasteiger charge is 2.23. The molecule has 0 amide bonds. The topological polar surface area (TPSA) is 69.7 Å². The van der Waals surface area contributed by atoms with Gasteiger partial charge in [0.25, 0.3) is 0 Å². The van der Waals surface area contributed by atoms with E-state index < -0.39 is 0 Å². The molecule has 0 bridgehead atoms. The summed E-state index contributed by atoms with van der Waals surface area (Å²) in [7, 11) is 0. The summed E-state index contributed by atoms with van der Waals surface area (Å²) in [4.78, 5) is 10.0. The van der Waals surface area contributed by atoms with E-state index >= 15 is 0 Å². The number of hydrogen-bond acceptors (Lipinski definition) is 4. The Morgan fingerprint density at radius 1 is 0.844 bits per heavy atom. The van der Waals surface area contributed by atoms with Gasteiger partial charge in [-0.3, -0.25) is 0 Å². The van der Waals surface area contributed by atoms with Gasteiger partial charge in [-0.05, 0) is 54.9 Å². The summed E-state index contributed by atoms with van der Waals surface area (Å²) < 4.78 is 3.09. The number of benzene rings is 2. The second kappa shape index (κ2) is 7.73. The van der Waals surface area contributed by atoms with Crippen LogP contribution in [0, 0.1) is 5.21 Å². The molecule has 1 saturated heterocycles. The van der Waals surface area contributed by atoms with E-state index in [0.717, 1.165) is 64.5 Å². The molecule has 3 aromatic heterocycles. The van der Waals surface area contributed by atoms with E-state index in [1.54, 1.807) is 0 Å². The van der Waals surface area contributed by atoms with Crippen LogP contribution < -0.4 is 10.0 Å². The normalized spacial score (nSPS) is 14.9. The summed E-state index contributed by atoms with van der Waals surface area (Å²) in [5.74, 6) is 0.871. The van der Waals surface area contributed by atoms with Gasteiger partial charge in [-0.15, -0.1) is 0 Å². The number of pyridine rings is 2. The van der Waals surface area contributed by atoms with Crippen molar-refractivity contribution in [2.24, 2.45) is 0 Å². The summed E-state index contributed by atoms with van der Waals surface area (Å²) in [6.07, 6.45) is 5.09. The van der Waals surface area contributed by atoms with Crippen LogP contribution in [0.3, 0.4) is 0 Å². The molecule has 0 spiro atoms. The maximum atomic E-state index is 11.6. The molecule has 1 aliphatic heterocycles. The standard InChI is InChI=1S/C26H23N5O/c32-30-15-11-19(12-16-30)25-29-24-8-7-23(21-6-5-18-3-1-2-4-20(18)17-21)28-26(24)31(25)22-9-13-27-14-10-22/h1-8,11-12,15-17,22,27H,9-10,13-14H2. The predicted octanol–water partition coefficient (Wildman–Crippen LogP) is 4.48. The van der Waals surface area contributed by atoms with Crippen LogP contribution in [-0.2, 0) is 0 Å². The van der Waals surface area contributed by atoms with Crippen molar-refractivity contribution in [3.63, 3.8) is 0 Å². The number of piperidine rings is 1. The zero-order chi connectivity index (χ0) is 21.5. The molecule has 0 saturated carbocycles. The van der Waals surface area contributed by atoms with Crippen molar-refractivity contribution in [2.75, 3.05) is 13.1 Å². The quantitative estimate of drug-likeness (QED) is 0.345.